The molecule has 1 N–H and O–H groups in total. The second kappa shape index (κ2) is 7.89. The van der Waals surface area contributed by atoms with E-state index in [-0.39, 0.29) is 17.7 Å². The van der Waals surface area contributed by atoms with Gasteiger partial charge in [-0.15, -0.1) is 11.3 Å². The molecule has 142 valence electrons. The molecule has 1 aromatic heterocycles. The van der Waals surface area contributed by atoms with Crippen molar-refractivity contribution in [1.29, 1.82) is 0 Å². The number of carbonyl (C=O) groups is 2. The summed E-state index contributed by atoms with van der Waals surface area (Å²) in [6.45, 7) is 0. The molecule has 1 amide bonds. The second-order valence-electron chi connectivity index (χ2n) is 6.70. The molecule has 4 nitrogen and oxygen atoms in total. The van der Waals surface area contributed by atoms with Crippen LogP contribution in [0, 0.1) is 5.92 Å². The normalized spacial score (nSPS) is 17.8. The van der Waals surface area contributed by atoms with Crippen molar-refractivity contribution in [1.82, 2.24) is 0 Å². The van der Waals surface area contributed by atoms with Gasteiger partial charge in [0.2, 0.25) is 5.91 Å². The van der Waals surface area contributed by atoms with Crippen LogP contribution < -0.4 is 5.32 Å². The van der Waals surface area contributed by atoms with Gasteiger partial charge in [-0.3, -0.25) is 4.79 Å². The van der Waals surface area contributed by atoms with Crippen LogP contribution in [0.2, 0.25) is 0 Å². The van der Waals surface area contributed by atoms with Gasteiger partial charge in [-0.25, -0.2) is 4.79 Å². The maximum Gasteiger partial charge on any atom is 0.341 e. The third-order valence-corrected chi connectivity index (χ3v) is 6.35. The molecule has 0 aliphatic heterocycles. The molecular weight excluding hydrogens is 438 g/mol. The third-order valence-electron chi connectivity index (χ3n) is 4.93. The van der Waals surface area contributed by atoms with E-state index in [1.165, 1.54) is 24.0 Å². The predicted octanol–water partition coefficient (Wildman–Crippen LogP) is 5.71. The summed E-state index contributed by atoms with van der Waals surface area (Å²) in [5.41, 5.74) is 3.24. The standard InChI is InChI=1S/C22H18BrNO3S/c1-27-22(26)19-18(14-7-9-15(23)10-8-14)12-28-21(19)24-20(25)17-11-16(17)13-5-3-2-4-6-13/h2-10,12,16-17H,11H2,1H3,(H,24,25). The Kier molecular flexibility index (Phi) is 5.33. The number of esters is 1. The Morgan fingerprint density at radius 1 is 1.11 bits per heavy atom. The molecule has 0 saturated heterocycles. The molecule has 2 atom stereocenters. The van der Waals surface area contributed by atoms with Crippen LogP contribution in [-0.4, -0.2) is 19.0 Å². The number of halogens is 1. The van der Waals surface area contributed by atoms with Gasteiger partial charge >= 0.3 is 5.97 Å². The van der Waals surface area contributed by atoms with E-state index in [2.05, 4.69) is 33.4 Å². The van der Waals surface area contributed by atoms with Gasteiger partial charge in [0.15, 0.2) is 0 Å². The first-order chi connectivity index (χ1) is 13.6. The minimum absolute atomic E-state index is 0.0526. The lowest BCUT2D eigenvalue weighted by Crippen LogP contribution is -2.16. The molecule has 1 aliphatic carbocycles. The zero-order chi connectivity index (χ0) is 19.7. The van der Waals surface area contributed by atoms with Gasteiger partial charge in [-0.2, -0.15) is 0 Å². The number of hydrogen-bond donors (Lipinski definition) is 1. The molecule has 6 heteroatoms. The van der Waals surface area contributed by atoms with Crippen LogP contribution in [0.4, 0.5) is 5.00 Å². The Morgan fingerprint density at radius 2 is 1.82 bits per heavy atom. The van der Waals surface area contributed by atoms with E-state index in [9.17, 15) is 9.59 Å². The summed E-state index contributed by atoms with van der Waals surface area (Å²) in [7, 11) is 1.35. The molecule has 3 aromatic rings. The Labute approximate surface area is 175 Å². The van der Waals surface area contributed by atoms with Gasteiger partial charge in [0, 0.05) is 21.3 Å². The smallest absolute Gasteiger partial charge is 0.341 e. The first kappa shape index (κ1) is 18.9. The number of benzene rings is 2. The number of nitrogens with one attached hydrogen (secondary N) is 1. The van der Waals surface area contributed by atoms with E-state index in [0.717, 1.165) is 22.0 Å². The minimum Gasteiger partial charge on any atom is -0.465 e. The molecule has 1 saturated carbocycles. The Bertz CT molecular complexity index is 1010. The van der Waals surface area contributed by atoms with Crippen molar-refractivity contribution in [3.8, 4) is 11.1 Å². The summed E-state index contributed by atoms with van der Waals surface area (Å²) in [6, 6.07) is 17.7. The molecule has 1 aliphatic rings. The maximum absolute atomic E-state index is 12.7. The van der Waals surface area contributed by atoms with E-state index >= 15 is 0 Å². The number of thiophene rings is 1. The van der Waals surface area contributed by atoms with E-state index < -0.39 is 5.97 Å². The van der Waals surface area contributed by atoms with Crippen LogP contribution in [0.5, 0.6) is 0 Å². The van der Waals surface area contributed by atoms with Crippen molar-refractivity contribution < 1.29 is 14.3 Å². The number of ether oxygens (including phenoxy) is 1. The van der Waals surface area contributed by atoms with Crippen molar-refractivity contribution in [2.45, 2.75) is 12.3 Å². The lowest BCUT2D eigenvalue weighted by Gasteiger charge is -2.08. The largest absolute Gasteiger partial charge is 0.465 e. The molecule has 2 unspecified atom stereocenters. The fourth-order valence-corrected chi connectivity index (χ4v) is 4.58. The number of hydrogen-bond acceptors (Lipinski definition) is 4. The quantitative estimate of drug-likeness (QED) is 0.501. The highest BCUT2D eigenvalue weighted by atomic mass is 79.9. The summed E-state index contributed by atoms with van der Waals surface area (Å²) < 4.78 is 5.94. The van der Waals surface area contributed by atoms with Gasteiger partial charge in [0.05, 0.1) is 7.11 Å². The van der Waals surface area contributed by atoms with Crippen molar-refractivity contribution in [3.05, 3.63) is 75.6 Å². The maximum atomic E-state index is 12.7. The minimum atomic E-state index is -0.454. The molecule has 0 bridgehead atoms. The van der Waals surface area contributed by atoms with E-state index in [0.29, 0.717) is 10.6 Å². The Balaban J connectivity index is 1.57. The lowest BCUT2D eigenvalue weighted by atomic mass is 10.0. The highest BCUT2D eigenvalue weighted by Crippen LogP contribution is 2.48. The van der Waals surface area contributed by atoms with E-state index in [1.54, 1.807) is 0 Å². The van der Waals surface area contributed by atoms with Crippen LogP contribution in [0.25, 0.3) is 11.1 Å². The highest BCUT2D eigenvalue weighted by molar-refractivity contribution is 9.10. The van der Waals surface area contributed by atoms with Gasteiger partial charge < -0.3 is 10.1 Å². The Morgan fingerprint density at radius 3 is 2.50 bits per heavy atom. The summed E-state index contributed by atoms with van der Waals surface area (Å²) in [5, 5.41) is 5.38. The van der Waals surface area contributed by atoms with Crippen LogP contribution in [0.3, 0.4) is 0 Å². The molecule has 0 spiro atoms. The lowest BCUT2D eigenvalue weighted by molar-refractivity contribution is -0.117. The third kappa shape index (κ3) is 3.75. The number of rotatable bonds is 5. The summed E-state index contributed by atoms with van der Waals surface area (Å²) in [5.74, 6) is -0.326. The fraction of sp³-hybridized carbons (Fsp3) is 0.182. The SMILES string of the molecule is COC(=O)c1c(-c2ccc(Br)cc2)csc1NC(=O)C1CC1c1ccccc1. The second-order valence-corrected chi connectivity index (χ2v) is 8.50. The zero-order valence-electron chi connectivity index (χ0n) is 15.1. The Hall–Kier alpha value is -2.44. The van der Waals surface area contributed by atoms with Crippen molar-refractivity contribution in [3.63, 3.8) is 0 Å². The van der Waals surface area contributed by atoms with Crippen LogP contribution in [0.1, 0.15) is 28.3 Å². The van der Waals surface area contributed by atoms with Gasteiger partial charge in [0.25, 0.3) is 0 Å². The van der Waals surface area contributed by atoms with Crippen molar-refractivity contribution >= 4 is 44.1 Å². The predicted molar refractivity (Wildman–Crippen MR) is 115 cm³/mol. The van der Waals surface area contributed by atoms with Crippen LogP contribution >= 0.6 is 27.3 Å². The zero-order valence-corrected chi connectivity index (χ0v) is 17.5. The summed E-state index contributed by atoms with van der Waals surface area (Å²) >= 11 is 4.76. The topological polar surface area (TPSA) is 55.4 Å². The monoisotopic (exact) mass is 455 g/mol. The number of anilines is 1. The number of methoxy groups -OCH3 is 1. The molecule has 28 heavy (non-hydrogen) atoms. The fourth-order valence-electron chi connectivity index (χ4n) is 3.35. The molecule has 1 fully saturated rings. The molecule has 0 radical (unpaired) electrons. The average Bonchev–Trinajstić information content (AvgIpc) is 3.43. The molecular formula is C22H18BrNO3S. The molecule has 1 heterocycles. The van der Waals surface area contributed by atoms with Gasteiger partial charge in [-0.1, -0.05) is 58.4 Å². The number of amides is 1. The van der Waals surface area contributed by atoms with Crippen molar-refractivity contribution in [2.75, 3.05) is 12.4 Å². The van der Waals surface area contributed by atoms with Gasteiger partial charge in [0.1, 0.15) is 10.6 Å². The first-order valence-corrected chi connectivity index (χ1v) is 10.6. The average molecular weight is 456 g/mol. The number of carbonyl (C=O) groups excluding carboxylic acids is 2. The summed E-state index contributed by atoms with van der Waals surface area (Å²) in [4.78, 5) is 25.2. The van der Waals surface area contributed by atoms with Crippen molar-refractivity contribution in [2.24, 2.45) is 5.92 Å². The van der Waals surface area contributed by atoms with E-state index in [1.807, 2.05) is 47.8 Å². The molecule has 2 aromatic carbocycles. The first-order valence-electron chi connectivity index (χ1n) is 8.90. The van der Waals surface area contributed by atoms with Crippen LogP contribution in [-0.2, 0) is 9.53 Å². The summed E-state index contributed by atoms with van der Waals surface area (Å²) in [6.07, 6.45) is 0.828. The van der Waals surface area contributed by atoms with Crippen LogP contribution in [0.15, 0.2) is 64.5 Å². The van der Waals surface area contributed by atoms with E-state index in [4.69, 9.17) is 4.74 Å². The van der Waals surface area contributed by atoms with Gasteiger partial charge in [-0.05, 0) is 35.6 Å². The highest BCUT2D eigenvalue weighted by Gasteiger charge is 2.44. The molecule has 4 rings (SSSR count).